The molecule has 1 aromatic heterocycles. The average molecular weight is 392 g/mol. The normalized spacial score (nSPS) is 16.8. The lowest BCUT2D eigenvalue weighted by Gasteiger charge is -2.31. The van der Waals surface area contributed by atoms with Crippen molar-refractivity contribution < 1.29 is 18.3 Å². The minimum atomic E-state index is -3.92. The Morgan fingerprint density at radius 2 is 1.64 bits per heavy atom. The third kappa shape index (κ3) is 3.16. The van der Waals surface area contributed by atoms with E-state index in [1.807, 2.05) is 0 Å². The van der Waals surface area contributed by atoms with Crippen LogP contribution in [-0.4, -0.2) is 28.6 Å². The van der Waals surface area contributed by atoms with Gasteiger partial charge in [-0.2, -0.15) is 0 Å². The number of pyridine rings is 1. The molecule has 1 N–H and O–H groups in total. The van der Waals surface area contributed by atoms with E-state index >= 15 is 0 Å². The van der Waals surface area contributed by atoms with Crippen molar-refractivity contribution in [3.05, 3.63) is 95.4 Å². The van der Waals surface area contributed by atoms with Crippen molar-refractivity contribution in [2.24, 2.45) is 0 Å². The van der Waals surface area contributed by atoms with Crippen LogP contribution in [-0.2, 0) is 16.6 Å². The number of fused-ring (bicyclic) bond motifs is 1. The number of sulfonamides is 1. The third-order valence-electron chi connectivity index (χ3n) is 4.47. The molecule has 0 aliphatic carbocycles. The van der Waals surface area contributed by atoms with Gasteiger partial charge in [-0.25, -0.2) is 8.42 Å². The number of allylic oxidation sites excluding steroid dienone is 1. The zero-order chi connectivity index (χ0) is 19.7. The molecule has 3 aromatic rings. The molecule has 0 spiro atoms. The smallest absolute Gasteiger partial charge is 0.265 e. The molecule has 6 nitrogen and oxygen atoms in total. The van der Waals surface area contributed by atoms with Gasteiger partial charge in [-0.15, -0.1) is 0 Å². The molecule has 4 rings (SSSR count). The van der Waals surface area contributed by atoms with Gasteiger partial charge in [0.1, 0.15) is 11.4 Å². The number of rotatable bonds is 3. The Labute approximate surface area is 162 Å². The molecule has 2 aromatic carbocycles. The molecule has 0 saturated carbocycles. The highest BCUT2D eigenvalue weighted by molar-refractivity contribution is 7.89. The highest BCUT2D eigenvalue weighted by atomic mass is 32.2. The van der Waals surface area contributed by atoms with E-state index in [-0.39, 0.29) is 34.2 Å². The largest absolute Gasteiger partial charge is 0.508 e. The summed E-state index contributed by atoms with van der Waals surface area (Å²) in [6.45, 7) is 0.00877. The quantitative estimate of drug-likeness (QED) is 0.692. The van der Waals surface area contributed by atoms with Crippen molar-refractivity contribution in [2.45, 2.75) is 11.4 Å². The van der Waals surface area contributed by atoms with Gasteiger partial charge >= 0.3 is 0 Å². The van der Waals surface area contributed by atoms with E-state index in [2.05, 4.69) is 4.98 Å². The number of Topliss-reactive ketones (excluding diaryl/α,β-unsaturated/α-hetero) is 1. The average Bonchev–Trinajstić information content (AvgIpc) is 2.71. The van der Waals surface area contributed by atoms with Gasteiger partial charge in [-0.3, -0.25) is 14.1 Å². The van der Waals surface area contributed by atoms with Crippen LogP contribution in [0.25, 0.3) is 6.08 Å². The molecule has 0 amide bonds. The van der Waals surface area contributed by atoms with Gasteiger partial charge in [0.15, 0.2) is 0 Å². The van der Waals surface area contributed by atoms with E-state index < -0.39 is 10.0 Å². The summed E-state index contributed by atoms with van der Waals surface area (Å²) in [5.41, 5.74) is 1.53. The van der Waals surface area contributed by atoms with E-state index in [1.54, 1.807) is 48.8 Å². The number of aromatic nitrogens is 1. The van der Waals surface area contributed by atoms with Gasteiger partial charge in [0, 0.05) is 18.0 Å². The Morgan fingerprint density at radius 1 is 0.964 bits per heavy atom. The number of hydrogen-bond donors (Lipinski definition) is 1. The van der Waals surface area contributed by atoms with Crippen molar-refractivity contribution >= 4 is 21.9 Å². The summed E-state index contributed by atoms with van der Waals surface area (Å²) >= 11 is 0. The van der Waals surface area contributed by atoms with Crippen molar-refractivity contribution in [3.63, 3.8) is 0 Å². The molecule has 28 heavy (non-hydrogen) atoms. The number of aromatic hydroxyl groups is 1. The number of carbonyl (C=O) groups excluding carboxylic acids is 1. The molecule has 7 heteroatoms. The Kier molecular flexibility index (Phi) is 4.44. The fourth-order valence-corrected chi connectivity index (χ4v) is 4.71. The van der Waals surface area contributed by atoms with E-state index in [1.165, 1.54) is 30.3 Å². The zero-order valence-corrected chi connectivity index (χ0v) is 15.5. The number of nitrogens with zero attached hydrogens (tertiary/aromatic N) is 2. The summed E-state index contributed by atoms with van der Waals surface area (Å²) in [5.74, 6) is -0.281. The van der Waals surface area contributed by atoms with Gasteiger partial charge in [0.2, 0.25) is 5.78 Å². The summed E-state index contributed by atoms with van der Waals surface area (Å²) in [7, 11) is -3.92. The first-order chi connectivity index (χ1) is 13.5. The van der Waals surface area contributed by atoms with E-state index in [4.69, 9.17) is 0 Å². The van der Waals surface area contributed by atoms with Crippen molar-refractivity contribution in [1.29, 1.82) is 0 Å². The fourth-order valence-electron chi connectivity index (χ4n) is 3.07. The second-order valence-electron chi connectivity index (χ2n) is 6.31. The summed E-state index contributed by atoms with van der Waals surface area (Å²) in [4.78, 5) is 17.1. The van der Waals surface area contributed by atoms with Gasteiger partial charge in [0.25, 0.3) is 10.0 Å². The van der Waals surface area contributed by atoms with Crippen LogP contribution in [0.2, 0.25) is 0 Å². The highest BCUT2D eigenvalue weighted by Gasteiger charge is 2.39. The first-order valence-corrected chi connectivity index (χ1v) is 9.97. The highest BCUT2D eigenvalue weighted by Crippen LogP contribution is 2.34. The number of phenolic OH excluding ortho intramolecular Hbond substituents is 1. The molecule has 0 atom stereocenters. The molecule has 1 aliphatic rings. The van der Waals surface area contributed by atoms with Gasteiger partial charge in [0.05, 0.1) is 11.4 Å². The van der Waals surface area contributed by atoms with E-state index in [0.29, 0.717) is 11.1 Å². The fraction of sp³-hybridized carbons (Fsp3) is 0.0476. The molecule has 140 valence electrons. The van der Waals surface area contributed by atoms with Crippen LogP contribution in [0.4, 0.5) is 0 Å². The molecule has 0 unspecified atom stereocenters. The number of phenols is 1. The van der Waals surface area contributed by atoms with Crippen LogP contribution < -0.4 is 0 Å². The van der Waals surface area contributed by atoms with Gasteiger partial charge < -0.3 is 5.11 Å². The van der Waals surface area contributed by atoms with Crippen molar-refractivity contribution in [2.75, 3.05) is 0 Å². The first-order valence-electron chi connectivity index (χ1n) is 8.53. The third-order valence-corrected chi connectivity index (χ3v) is 6.29. The SMILES string of the molecule is O=C1/C(=C\c2ccc(O)cc2)N(Cc2ccncc2)S(=O)(=O)c2ccccc21. The lowest BCUT2D eigenvalue weighted by molar-refractivity contribution is 0.100. The van der Waals surface area contributed by atoms with E-state index in [0.717, 1.165) is 4.31 Å². The minimum absolute atomic E-state index is 0.00286. The van der Waals surface area contributed by atoms with Crippen LogP contribution in [0.15, 0.2) is 83.6 Å². The monoisotopic (exact) mass is 392 g/mol. The summed E-state index contributed by atoms with van der Waals surface area (Å²) in [6.07, 6.45) is 4.67. The number of ketones is 1. The summed E-state index contributed by atoms with van der Waals surface area (Å²) < 4.78 is 27.7. The second-order valence-corrected chi connectivity index (χ2v) is 8.14. The molecular formula is C21H16N2O4S. The number of hydrogen-bond acceptors (Lipinski definition) is 5. The number of benzene rings is 2. The molecule has 0 saturated heterocycles. The molecule has 0 radical (unpaired) electrons. The van der Waals surface area contributed by atoms with Crippen LogP contribution in [0.3, 0.4) is 0 Å². The lowest BCUT2D eigenvalue weighted by Crippen LogP contribution is -2.38. The molecular weight excluding hydrogens is 376 g/mol. The topological polar surface area (TPSA) is 87.6 Å². The predicted octanol–water partition coefficient (Wildman–Crippen LogP) is 3.22. The number of carbonyl (C=O) groups is 1. The standard InChI is InChI=1S/C21H16N2O4S/c24-17-7-5-15(6-8-17)13-19-21(25)18-3-1-2-4-20(18)28(26,27)23(19)14-16-9-11-22-12-10-16/h1-13,24H,14H2/b19-13+. The lowest BCUT2D eigenvalue weighted by atomic mass is 10.0. The van der Waals surface area contributed by atoms with Gasteiger partial charge in [-0.05, 0) is 53.6 Å². The maximum atomic E-state index is 13.3. The Morgan fingerprint density at radius 3 is 2.36 bits per heavy atom. The maximum Gasteiger partial charge on any atom is 0.265 e. The Balaban J connectivity index is 1.89. The second kappa shape index (κ2) is 6.94. The Hall–Kier alpha value is -3.45. The Bertz CT molecular complexity index is 1170. The molecule has 0 fully saturated rings. The molecule has 1 aliphatic heterocycles. The van der Waals surface area contributed by atoms with Crippen molar-refractivity contribution in [1.82, 2.24) is 9.29 Å². The van der Waals surface area contributed by atoms with Crippen LogP contribution >= 0.6 is 0 Å². The zero-order valence-electron chi connectivity index (χ0n) is 14.7. The maximum absolute atomic E-state index is 13.3. The predicted molar refractivity (Wildman–Crippen MR) is 104 cm³/mol. The minimum Gasteiger partial charge on any atom is -0.508 e. The summed E-state index contributed by atoms with van der Waals surface area (Å²) in [6, 6.07) is 15.8. The first kappa shape index (κ1) is 17.9. The van der Waals surface area contributed by atoms with Crippen LogP contribution in [0, 0.1) is 0 Å². The van der Waals surface area contributed by atoms with Gasteiger partial charge in [-0.1, -0.05) is 24.3 Å². The molecule has 2 heterocycles. The van der Waals surface area contributed by atoms with Crippen LogP contribution in [0.1, 0.15) is 21.5 Å². The summed E-state index contributed by atoms with van der Waals surface area (Å²) in [5, 5.41) is 9.47. The molecule has 0 bridgehead atoms. The van der Waals surface area contributed by atoms with E-state index in [9.17, 15) is 18.3 Å². The van der Waals surface area contributed by atoms with Crippen LogP contribution in [0.5, 0.6) is 5.75 Å². The van der Waals surface area contributed by atoms with Crippen molar-refractivity contribution in [3.8, 4) is 5.75 Å².